The van der Waals surface area contributed by atoms with Gasteiger partial charge >= 0.3 is 0 Å². The van der Waals surface area contributed by atoms with E-state index in [4.69, 9.17) is 15.6 Å². The number of ether oxygens (including phenoxy) is 1. The first-order chi connectivity index (χ1) is 14.2. The minimum Gasteiger partial charge on any atom is -0.496 e. The Balaban J connectivity index is 1.49. The molecule has 152 valence electrons. The van der Waals surface area contributed by atoms with Crippen LogP contribution in [-0.4, -0.2) is 37.6 Å². The first-order valence-electron chi connectivity index (χ1n) is 10.8. The predicted molar refractivity (Wildman–Crippen MR) is 117 cm³/mol. The van der Waals surface area contributed by atoms with Gasteiger partial charge in [-0.25, -0.2) is 5.01 Å². The molecule has 3 aliphatic heterocycles. The quantitative estimate of drug-likeness (QED) is 0.809. The van der Waals surface area contributed by atoms with E-state index in [1.54, 1.807) is 7.11 Å². The highest BCUT2D eigenvalue weighted by molar-refractivity contribution is 6.02. The molecule has 0 unspecified atom stereocenters. The van der Waals surface area contributed by atoms with Crippen LogP contribution in [0.15, 0.2) is 47.5 Å². The lowest BCUT2D eigenvalue weighted by atomic mass is 9.81. The number of aliphatic imine (C=N–C) groups is 1. The van der Waals surface area contributed by atoms with Crippen LogP contribution in [0.2, 0.25) is 0 Å². The van der Waals surface area contributed by atoms with Crippen molar-refractivity contribution in [3.8, 4) is 5.75 Å². The SMILES string of the molecule is COc1cc2c(cc1C[C@@H]1CCCN(N)[C@@H]1c1ccccc1)N1CCN=C1CC2. The van der Waals surface area contributed by atoms with Crippen molar-refractivity contribution in [3.05, 3.63) is 59.2 Å². The van der Waals surface area contributed by atoms with Gasteiger partial charge in [0.05, 0.1) is 19.7 Å². The summed E-state index contributed by atoms with van der Waals surface area (Å²) in [4.78, 5) is 7.10. The van der Waals surface area contributed by atoms with Crippen LogP contribution in [0.1, 0.15) is 42.0 Å². The Kier molecular flexibility index (Phi) is 5.02. The van der Waals surface area contributed by atoms with Crippen LogP contribution in [0, 0.1) is 5.92 Å². The van der Waals surface area contributed by atoms with Crippen molar-refractivity contribution in [1.82, 2.24) is 5.01 Å². The van der Waals surface area contributed by atoms with Gasteiger partial charge in [0.1, 0.15) is 11.6 Å². The maximum absolute atomic E-state index is 6.48. The van der Waals surface area contributed by atoms with Gasteiger partial charge in [-0.05, 0) is 60.4 Å². The van der Waals surface area contributed by atoms with Gasteiger partial charge in [-0.2, -0.15) is 0 Å². The molecule has 29 heavy (non-hydrogen) atoms. The molecule has 5 rings (SSSR count). The van der Waals surface area contributed by atoms with Crippen LogP contribution >= 0.6 is 0 Å². The van der Waals surface area contributed by atoms with E-state index in [0.717, 1.165) is 51.1 Å². The van der Waals surface area contributed by atoms with Crippen LogP contribution in [0.4, 0.5) is 5.69 Å². The Morgan fingerprint density at radius 2 is 2.00 bits per heavy atom. The maximum Gasteiger partial charge on any atom is 0.122 e. The molecule has 2 aromatic carbocycles. The van der Waals surface area contributed by atoms with Gasteiger partial charge in [-0.3, -0.25) is 10.8 Å². The van der Waals surface area contributed by atoms with E-state index in [-0.39, 0.29) is 6.04 Å². The molecule has 0 aliphatic carbocycles. The first kappa shape index (κ1) is 18.6. The summed E-state index contributed by atoms with van der Waals surface area (Å²) >= 11 is 0. The van der Waals surface area contributed by atoms with Crippen molar-refractivity contribution in [2.45, 2.75) is 38.1 Å². The van der Waals surface area contributed by atoms with Gasteiger partial charge in [0.2, 0.25) is 0 Å². The number of aryl methyl sites for hydroxylation is 1. The summed E-state index contributed by atoms with van der Waals surface area (Å²) in [6.45, 7) is 2.86. The molecular formula is C24H30N4O. The number of hydrogen-bond donors (Lipinski definition) is 1. The van der Waals surface area contributed by atoms with Crippen molar-refractivity contribution in [1.29, 1.82) is 0 Å². The van der Waals surface area contributed by atoms with Gasteiger partial charge in [0.15, 0.2) is 0 Å². The number of piperidine rings is 1. The number of methoxy groups -OCH3 is 1. The van der Waals surface area contributed by atoms with E-state index < -0.39 is 0 Å². The van der Waals surface area contributed by atoms with Gasteiger partial charge < -0.3 is 9.64 Å². The molecule has 1 saturated heterocycles. The number of hydrogen-bond acceptors (Lipinski definition) is 5. The molecule has 2 aromatic rings. The molecule has 0 bridgehead atoms. The fraction of sp³-hybridized carbons (Fsp3) is 0.458. The molecule has 1 fully saturated rings. The summed E-state index contributed by atoms with van der Waals surface area (Å²) in [5.74, 6) is 9.22. The van der Waals surface area contributed by atoms with Gasteiger partial charge in [0, 0.05) is 25.2 Å². The number of fused-ring (bicyclic) bond motifs is 3. The second kappa shape index (κ2) is 7.81. The number of benzene rings is 2. The Morgan fingerprint density at radius 3 is 2.83 bits per heavy atom. The third-order valence-electron chi connectivity index (χ3n) is 6.74. The summed E-state index contributed by atoms with van der Waals surface area (Å²) < 4.78 is 5.84. The third kappa shape index (κ3) is 3.43. The summed E-state index contributed by atoms with van der Waals surface area (Å²) in [7, 11) is 1.79. The fourth-order valence-electron chi connectivity index (χ4n) is 5.38. The second-order valence-electron chi connectivity index (χ2n) is 8.44. The van der Waals surface area contributed by atoms with Gasteiger partial charge in [0.25, 0.3) is 0 Å². The molecular weight excluding hydrogens is 360 g/mol. The van der Waals surface area contributed by atoms with Gasteiger partial charge in [-0.1, -0.05) is 30.3 Å². The monoisotopic (exact) mass is 390 g/mol. The average molecular weight is 391 g/mol. The van der Waals surface area contributed by atoms with Crippen molar-refractivity contribution >= 4 is 11.5 Å². The zero-order chi connectivity index (χ0) is 19.8. The highest BCUT2D eigenvalue weighted by Crippen LogP contribution is 2.41. The molecule has 0 radical (unpaired) electrons. The smallest absolute Gasteiger partial charge is 0.122 e. The molecule has 5 nitrogen and oxygen atoms in total. The molecule has 0 saturated carbocycles. The maximum atomic E-state index is 6.48. The highest BCUT2D eigenvalue weighted by Gasteiger charge is 2.33. The summed E-state index contributed by atoms with van der Waals surface area (Å²) in [5.41, 5.74) is 5.32. The minimum atomic E-state index is 0.245. The van der Waals surface area contributed by atoms with Crippen LogP contribution in [0.25, 0.3) is 0 Å². The molecule has 0 amide bonds. The van der Waals surface area contributed by atoms with Crippen molar-refractivity contribution in [2.24, 2.45) is 16.8 Å². The lowest BCUT2D eigenvalue weighted by Crippen LogP contribution is -2.44. The molecule has 0 spiro atoms. The number of hydrazine groups is 1. The Labute approximate surface area is 173 Å². The van der Waals surface area contributed by atoms with Crippen molar-refractivity contribution in [2.75, 3.05) is 31.6 Å². The zero-order valence-electron chi connectivity index (χ0n) is 17.2. The molecule has 2 N–H and O–H groups in total. The average Bonchev–Trinajstić information content (AvgIpc) is 3.23. The van der Waals surface area contributed by atoms with E-state index >= 15 is 0 Å². The highest BCUT2D eigenvalue weighted by atomic mass is 16.5. The normalized spacial score (nSPS) is 24.1. The number of rotatable bonds is 4. The molecule has 3 heterocycles. The van der Waals surface area contributed by atoms with E-state index in [2.05, 4.69) is 47.4 Å². The first-order valence-corrected chi connectivity index (χ1v) is 10.8. The topological polar surface area (TPSA) is 54.1 Å². The summed E-state index contributed by atoms with van der Waals surface area (Å²) in [6.07, 6.45) is 5.39. The van der Waals surface area contributed by atoms with E-state index in [0.29, 0.717) is 5.92 Å². The van der Waals surface area contributed by atoms with Gasteiger partial charge in [-0.15, -0.1) is 0 Å². The number of amidine groups is 1. The fourth-order valence-corrected chi connectivity index (χ4v) is 5.38. The van der Waals surface area contributed by atoms with E-state index in [9.17, 15) is 0 Å². The number of nitrogens with zero attached hydrogens (tertiary/aromatic N) is 3. The van der Waals surface area contributed by atoms with E-state index in [1.165, 1.54) is 34.6 Å². The summed E-state index contributed by atoms with van der Waals surface area (Å²) in [6, 6.07) is 15.6. The minimum absolute atomic E-state index is 0.245. The number of nitrogens with two attached hydrogens (primary N) is 1. The van der Waals surface area contributed by atoms with Crippen molar-refractivity contribution < 1.29 is 4.74 Å². The molecule has 2 atom stereocenters. The lowest BCUT2D eigenvalue weighted by Gasteiger charge is -2.39. The Hall–Kier alpha value is -2.37. The zero-order valence-corrected chi connectivity index (χ0v) is 17.2. The Morgan fingerprint density at radius 1 is 1.14 bits per heavy atom. The molecule has 0 aromatic heterocycles. The van der Waals surface area contributed by atoms with Crippen LogP contribution < -0.4 is 15.5 Å². The molecule has 5 heteroatoms. The summed E-state index contributed by atoms with van der Waals surface area (Å²) in [5, 5.41) is 2.04. The van der Waals surface area contributed by atoms with Crippen LogP contribution in [0.5, 0.6) is 5.75 Å². The lowest BCUT2D eigenvalue weighted by molar-refractivity contribution is 0.0923. The standard InChI is InChI=1S/C24H30N4O/c1-29-22-16-18-9-10-23-26-11-13-27(23)21(18)15-20(22)14-19-8-5-12-28(25)24(19)17-6-3-2-4-7-17/h2-4,6-7,15-16,19,24H,5,8-14,25H2,1H3/t19-,24+/m0/s1. The van der Waals surface area contributed by atoms with Crippen LogP contribution in [0.3, 0.4) is 0 Å². The third-order valence-corrected chi connectivity index (χ3v) is 6.74. The predicted octanol–water partition coefficient (Wildman–Crippen LogP) is 3.73. The van der Waals surface area contributed by atoms with Crippen molar-refractivity contribution in [3.63, 3.8) is 0 Å². The largest absolute Gasteiger partial charge is 0.496 e. The van der Waals surface area contributed by atoms with Crippen LogP contribution in [-0.2, 0) is 12.8 Å². The van der Waals surface area contributed by atoms with E-state index in [1.807, 2.05) is 5.01 Å². The Bertz CT molecular complexity index is 911. The second-order valence-corrected chi connectivity index (χ2v) is 8.44. The molecule has 3 aliphatic rings. The number of anilines is 1.